The van der Waals surface area contributed by atoms with Crippen molar-refractivity contribution in [2.75, 3.05) is 13.2 Å². The summed E-state index contributed by atoms with van der Waals surface area (Å²) in [5.41, 5.74) is -0.235. The van der Waals surface area contributed by atoms with E-state index in [0.29, 0.717) is 19.2 Å². The summed E-state index contributed by atoms with van der Waals surface area (Å²) in [5.74, 6) is 0. The van der Waals surface area contributed by atoms with Crippen molar-refractivity contribution in [3.8, 4) is 0 Å². The predicted molar refractivity (Wildman–Crippen MR) is 75.6 cm³/mol. The van der Waals surface area contributed by atoms with E-state index in [0.717, 1.165) is 12.8 Å². The minimum atomic E-state index is -3.25. The largest absolute Gasteiger partial charge is 0.375 e. The van der Waals surface area contributed by atoms with Crippen molar-refractivity contribution in [2.24, 2.45) is 0 Å². The van der Waals surface area contributed by atoms with E-state index < -0.39 is 10.0 Å². The second-order valence-electron chi connectivity index (χ2n) is 6.45. The molecule has 2 rings (SSSR count). The SMILES string of the molecule is CC(CNC1CC1)S(=O)(=O)NC1CCOC(C)(C)C1. The number of ether oxygens (including phenoxy) is 1. The average Bonchev–Trinajstić information content (AvgIpc) is 3.07. The third-order valence-corrected chi connectivity index (χ3v) is 5.72. The Morgan fingerprint density at radius 1 is 1.26 bits per heavy atom. The van der Waals surface area contributed by atoms with Gasteiger partial charge in [0.2, 0.25) is 10.0 Å². The van der Waals surface area contributed by atoms with Gasteiger partial charge >= 0.3 is 0 Å². The van der Waals surface area contributed by atoms with Gasteiger partial charge in [-0.3, -0.25) is 0 Å². The molecule has 1 saturated carbocycles. The van der Waals surface area contributed by atoms with Gasteiger partial charge in [0.05, 0.1) is 10.9 Å². The summed E-state index contributed by atoms with van der Waals surface area (Å²) in [6, 6.07) is 0.539. The average molecular weight is 290 g/mol. The molecule has 2 fully saturated rings. The van der Waals surface area contributed by atoms with Gasteiger partial charge in [0, 0.05) is 25.2 Å². The second-order valence-corrected chi connectivity index (χ2v) is 8.58. The van der Waals surface area contributed by atoms with E-state index in [-0.39, 0.29) is 16.9 Å². The van der Waals surface area contributed by atoms with Crippen molar-refractivity contribution in [1.29, 1.82) is 0 Å². The Bertz CT molecular complexity index is 404. The number of hydrogen-bond acceptors (Lipinski definition) is 4. The zero-order valence-electron chi connectivity index (χ0n) is 12.1. The zero-order valence-corrected chi connectivity index (χ0v) is 12.9. The van der Waals surface area contributed by atoms with Gasteiger partial charge in [-0.05, 0) is 46.5 Å². The Labute approximate surface area is 116 Å². The fourth-order valence-electron chi connectivity index (χ4n) is 2.41. The van der Waals surface area contributed by atoms with Gasteiger partial charge in [-0.2, -0.15) is 0 Å². The van der Waals surface area contributed by atoms with Crippen molar-refractivity contribution in [1.82, 2.24) is 10.0 Å². The normalized spacial score (nSPS) is 29.1. The smallest absolute Gasteiger partial charge is 0.215 e. The molecular weight excluding hydrogens is 264 g/mol. The van der Waals surface area contributed by atoms with E-state index in [4.69, 9.17) is 4.74 Å². The van der Waals surface area contributed by atoms with Crippen LogP contribution in [0.15, 0.2) is 0 Å². The summed E-state index contributed by atoms with van der Waals surface area (Å²) in [6.45, 7) is 6.93. The van der Waals surface area contributed by atoms with Gasteiger partial charge in [0.1, 0.15) is 0 Å². The van der Waals surface area contributed by atoms with E-state index in [2.05, 4.69) is 10.0 Å². The van der Waals surface area contributed by atoms with Gasteiger partial charge in [0.25, 0.3) is 0 Å². The van der Waals surface area contributed by atoms with Crippen molar-refractivity contribution in [3.05, 3.63) is 0 Å². The topological polar surface area (TPSA) is 67.4 Å². The van der Waals surface area contributed by atoms with Crippen molar-refractivity contribution >= 4 is 10.0 Å². The minimum Gasteiger partial charge on any atom is -0.375 e. The van der Waals surface area contributed by atoms with Crippen LogP contribution < -0.4 is 10.0 Å². The van der Waals surface area contributed by atoms with E-state index in [1.54, 1.807) is 6.92 Å². The first-order chi connectivity index (χ1) is 8.78. The molecule has 0 aromatic heterocycles. The molecule has 6 heteroatoms. The highest BCUT2D eigenvalue weighted by Crippen LogP contribution is 2.24. The van der Waals surface area contributed by atoms with E-state index in [1.165, 1.54) is 12.8 Å². The molecule has 2 atom stereocenters. The van der Waals surface area contributed by atoms with Gasteiger partial charge in [-0.25, -0.2) is 13.1 Å². The number of sulfonamides is 1. The number of nitrogens with one attached hydrogen (secondary N) is 2. The van der Waals surface area contributed by atoms with Crippen molar-refractivity contribution < 1.29 is 13.2 Å². The molecular formula is C13H26N2O3S. The molecule has 0 aromatic carbocycles. The molecule has 19 heavy (non-hydrogen) atoms. The molecule has 1 saturated heterocycles. The molecule has 1 aliphatic heterocycles. The third-order valence-electron chi connectivity index (χ3n) is 3.83. The Kier molecular flexibility index (Phi) is 4.55. The highest BCUT2D eigenvalue weighted by atomic mass is 32.2. The lowest BCUT2D eigenvalue weighted by Crippen LogP contribution is -2.49. The third kappa shape index (κ3) is 4.70. The molecule has 0 radical (unpaired) electrons. The maximum Gasteiger partial charge on any atom is 0.215 e. The van der Waals surface area contributed by atoms with Crippen LogP contribution in [0.4, 0.5) is 0 Å². The minimum absolute atomic E-state index is 0.00266. The number of hydrogen-bond donors (Lipinski definition) is 2. The first-order valence-electron chi connectivity index (χ1n) is 7.17. The van der Waals surface area contributed by atoms with Crippen LogP contribution in [0.3, 0.4) is 0 Å². The maximum atomic E-state index is 12.3. The molecule has 2 unspecified atom stereocenters. The fourth-order valence-corrected chi connectivity index (χ4v) is 3.62. The Hall–Kier alpha value is -0.170. The lowest BCUT2D eigenvalue weighted by atomic mass is 9.95. The highest BCUT2D eigenvalue weighted by molar-refractivity contribution is 7.90. The maximum absolute atomic E-state index is 12.3. The second kappa shape index (κ2) is 5.68. The molecule has 0 spiro atoms. The first kappa shape index (κ1) is 15.2. The lowest BCUT2D eigenvalue weighted by Gasteiger charge is -2.36. The summed E-state index contributed by atoms with van der Waals surface area (Å²) in [7, 11) is -3.25. The molecule has 5 nitrogen and oxygen atoms in total. The molecule has 1 heterocycles. The summed E-state index contributed by atoms with van der Waals surface area (Å²) in [5, 5.41) is 2.88. The molecule has 0 amide bonds. The van der Waals surface area contributed by atoms with E-state index in [9.17, 15) is 8.42 Å². The van der Waals surface area contributed by atoms with Crippen LogP contribution in [-0.2, 0) is 14.8 Å². The van der Waals surface area contributed by atoms with Crippen LogP contribution >= 0.6 is 0 Å². The monoisotopic (exact) mass is 290 g/mol. The van der Waals surface area contributed by atoms with Crippen LogP contribution in [0, 0.1) is 0 Å². The van der Waals surface area contributed by atoms with Crippen LogP contribution in [0.5, 0.6) is 0 Å². The standard InChI is InChI=1S/C13H26N2O3S/c1-10(9-14-11-4-5-11)19(16,17)15-12-6-7-18-13(2,3)8-12/h10-12,14-15H,4-9H2,1-3H3. The Morgan fingerprint density at radius 3 is 2.53 bits per heavy atom. The zero-order chi connectivity index (χ0) is 14.1. The molecule has 0 aromatic rings. The number of rotatable bonds is 6. The Morgan fingerprint density at radius 2 is 1.95 bits per heavy atom. The summed E-state index contributed by atoms with van der Waals surface area (Å²) >= 11 is 0. The van der Waals surface area contributed by atoms with Gasteiger partial charge in [-0.1, -0.05) is 0 Å². The van der Waals surface area contributed by atoms with Crippen LogP contribution in [0.1, 0.15) is 46.5 Å². The molecule has 2 aliphatic rings. The van der Waals surface area contributed by atoms with Gasteiger partial charge in [-0.15, -0.1) is 0 Å². The molecule has 0 bridgehead atoms. The summed E-state index contributed by atoms with van der Waals surface area (Å²) < 4.78 is 33.0. The van der Waals surface area contributed by atoms with Gasteiger partial charge < -0.3 is 10.1 Å². The van der Waals surface area contributed by atoms with Crippen LogP contribution in [0.2, 0.25) is 0 Å². The van der Waals surface area contributed by atoms with Crippen molar-refractivity contribution in [3.63, 3.8) is 0 Å². The fraction of sp³-hybridized carbons (Fsp3) is 1.00. The van der Waals surface area contributed by atoms with E-state index in [1.807, 2.05) is 13.8 Å². The first-order valence-corrected chi connectivity index (χ1v) is 8.72. The quantitative estimate of drug-likeness (QED) is 0.766. The van der Waals surface area contributed by atoms with Gasteiger partial charge in [0.15, 0.2) is 0 Å². The molecule has 2 N–H and O–H groups in total. The highest BCUT2D eigenvalue weighted by Gasteiger charge is 2.33. The van der Waals surface area contributed by atoms with Crippen LogP contribution in [-0.4, -0.2) is 44.5 Å². The predicted octanol–water partition coefficient (Wildman–Crippen LogP) is 1.00. The summed E-state index contributed by atoms with van der Waals surface area (Å²) in [4.78, 5) is 0. The van der Waals surface area contributed by atoms with Crippen LogP contribution in [0.25, 0.3) is 0 Å². The molecule has 112 valence electrons. The Balaban J connectivity index is 1.84. The molecule has 1 aliphatic carbocycles. The van der Waals surface area contributed by atoms with Crippen molar-refractivity contribution in [2.45, 2.75) is 69.4 Å². The van der Waals surface area contributed by atoms with E-state index >= 15 is 0 Å². The lowest BCUT2D eigenvalue weighted by molar-refractivity contribution is -0.0599. The summed E-state index contributed by atoms with van der Waals surface area (Å²) in [6.07, 6.45) is 3.84.